The molecule has 0 saturated carbocycles. The highest BCUT2D eigenvalue weighted by molar-refractivity contribution is 7.15. The van der Waals surface area contributed by atoms with Crippen LogP contribution in [0.5, 0.6) is 0 Å². The minimum atomic E-state index is -0.175. The maximum absolute atomic E-state index is 12.5. The van der Waals surface area contributed by atoms with Gasteiger partial charge in [-0.1, -0.05) is 58.8 Å². The quantitative estimate of drug-likeness (QED) is 0.672. The van der Waals surface area contributed by atoms with Crippen LogP contribution in [0.1, 0.15) is 78.7 Å². The lowest BCUT2D eigenvalue weighted by Gasteiger charge is -2.21. The van der Waals surface area contributed by atoms with E-state index in [1.165, 1.54) is 11.3 Å². The van der Waals surface area contributed by atoms with Crippen molar-refractivity contribution in [2.75, 3.05) is 5.32 Å². The zero-order valence-electron chi connectivity index (χ0n) is 15.4. The fourth-order valence-electron chi connectivity index (χ4n) is 2.51. The van der Waals surface area contributed by atoms with Gasteiger partial charge in [-0.2, -0.15) is 0 Å². The summed E-state index contributed by atoms with van der Waals surface area (Å²) in [6.07, 6.45) is 4.95. The first kappa shape index (κ1) is 20.0. The van der Waals surface area contributed by atoms with Crippen molar-refractivity contribution in [3.05, 3.63) is 5.01 Å². The molecule has 0 aromatic carbocycles. The minimum Gasteiger partial charge on any atom is -0.303 e. The predicted molar refractivity (Wildman–Crippen MR) is 98.1 cm³/mol. The molecule has 0 fully saturated rings. The van der Waals surface area contributed by atoms with Gasteiger partial charge in [-0.15, -0.1) is 10.2 Å². The lowest BCUT2D eigenvalue weighted by atomic mass is 9.89. The molecule has 1 amide bonds. The maximum atomic E-state index is 12.5. The summed E-state index contributed by atoms with van der Waals surface area (Å²) in [6, 6.07) is 0.150. The number of rotatable bonds is 10. The van der Waals surface area contributed by atoms with Crippen molar-refractivity contribution in [3.8, 4) is 0 Å². The largest absolute Gasteiger partial charge is 0.303 e. The molecule has 6 heteroatoms. The molecule has 0 saturated heterocycles. The number of hydrogen-bond donors (Lipinski definition) is 2. The van der Waals surface area contributed by atoms with Crippen LogP contribution in [0.15, 0.2) is 0 Å². The Morgan fingerprint density at radius 2 is 1.91 bits per heavy atom. The Morgan fingerprint density at radius 1 is 1.22 bits per heavy atom. The summed E-state index contributed by atoms with van der Waals surface area (Å²) in [5.41, 5.74) is 0.00713. The number of anilines is 1. The molecule has 0 bridgehead atoms. The maximum Gasteiger partial charge on any atom is 0.243 e. The highest BCUT2D eigenvalue weighted by Gasteiger charge is 2.26. The van der Waals surface area contributed by atoms with Crippen molar-refractivity contribution in [2.45, 2.75) is 91.1 Å². The van der Waals surface area contributed by atoms with Gasteiger partial charge in [0.2, 0.25) is 11.0 Å². The molecular weight excluding hydrogens is 308 g/mol. The summed E-state index contributed by atoms with van der Waals surface area (Å²) >= 11 is 1.49. The molecule has 1 aromatic rings. The Hall–Kier alpha value is -1.01. The number of nitrogens with zero attached hydrogens (tertiary/aromatic N) is 2. The third kappa shape index (κ3) is 6.18. The standard InChI is InChI=1S/C17H32N4OS/c1-7-10-13(18-12(4)9-3)14(22)19-16-21-20-15(23-16)17(5,6)11-8-2/h12-13,18H,7-11H2,1-6H3,(H,19,21,22)/t12?,13-/m0/s1. The average molecular weight is 341 g/mol. The summed E-state index contributed by atoms with van der Waals surface area (Å²) in [7, 11) is 0. The van der Waals surface area contributed by atoms with Gasteiger partial charge in [-0.3, -0.25) is 10.1 Å². The molecule has 0 radical (unpaired) electrons. The molecule has 0 aliphatic rings. The molecule has 0 aliphatic carbocycles. The van der Waals surface area contributed by atoms with Crippen LogP contribution in [0.25, 0.3) is 0 Å². The molecule has 132 valence electrons. The second-order valence-corrected chi connectivity index (χ2v) is 7.83. The van der Waals surface area contributed by atoms with E-state index < -0.39 is 0 Å². The molecule has 5 nitrogen and oxygen atoms in total. The van der Waals surface area contributed by atoms with Crippen LogP contribution in [-0.4, -0.2) is 28.2 Å². The van der Waals surface area contributed by atoms with Gasteiger partial charge in [0.1, 0.15) is 5.01 Å². The molecule has 1 rings (SSSR count). The first-order valence-corrected chi connectivity index (χ1v) is 9.56. The normalized spacial score (nSPS) is 14.5. The zero-order chi connectivity index (χ0) is 17.5. The second kappa shape index (κ2) is 9.33. The van der Waals surface area contributed by atoms with Crippen LogP contribution in [0, 0.1) is 0 Å². The minimum absolute atomic E-state index is 0.00713. The van der Waals surface area contributed by atoms with Gasteiger partial charge in [0.25, 0.3) is 0 Å². The number of aromatic nitrogens is 2. The second-order valence-electron chi connectivity index (χ2n) is 6.85. The highest BCUT2D eigenvalue weighted by Crippen LogP contribution is 2.32. The number of hydrogen-bond acceptors (Lipinski definition) is 5. The number of carbonyl (C=O) groups is 1. The van der Waals surface area contributed by atoms with E-state index in [4.69, 9.17) is 0 Å². The average Bonchev–Trinajstić information content (AvgIpc) is 2.95. The molecule has 1 unspecified atom stereocenters. The van der Waals surface area contributed by atoms with Gasteiger partial charge in [0.05, 0.1) is 6.04 Å². The lowest BCUT2D eigenvalue weighted by Crippen LogP contribution is -2.44. The molecule has 1 heterocycles. The summed E-state index contributed by atoms with van der Waals surface area (Å²) in [6.45, 7) is 12.8. The van der Waals surface area contributed by atoms with Gasteiger partial charge in [0, 0.05) is 11.5 Å². The van der Waals surface area contributed by atoms with E-state index in [2.05, 4.69) is 62.4 Å². The van der Waals surface area contributed by atoms with Crippen LogP contribution < -0.4 is 10.6 Å². The molecule has 23 heavy (non-hydrogen) atoms. The van der Waals surface area contributed by atoms with Crippen molar-refractivity contribution in [1.29, 1.82) is 0 Å². The molecular formula is C17H32N4OS. The Morgan fingerprint density at radius 3 is 2.48 bits per heavy atom. The molecule has 0 aliphatic heterocycles. The molecule has 2 N–H and O–H groups in total. The Bertz CT molecular complexity index is 487. The van der Waals surface area contributed by atoms with Crippen LogP contribution >= 0.6 is 11.3 Å². The fraction of sp³-hybridized carbons (Fsp3) is 0.824. The van der Waals surface area contributed by atoms with E-state index in [0.29, 0.717) is 11.2 Å². The molecule has 1 aromatic heterocycles. The van der Waals surface area contributed by atoms with Crippen LogP contribution in [0.3, 0.4) is 0 Å². The third-order valence-electron chi connectivity index (χ3n) is 4.10. The summed E-state index contributed by atoms with van der Waals surface area (Å²) in [5.74, 6) is -0.0110. The Kier molecular flexibility index (Phi) is 8.12. The van der Waals surface area contributed by atoms with Crippen LogP contribution in [0.4, 0.5) is 5.13 Å². The highest BCUT2D eigenvalue weighted by atomic mass is 32.1. The van der Waals surface area contributed by atoms with Crippen LogP contribution in [0.2, 0.25) is 0 Å². The first-order valence-electron chi connectivity index (χ1n) is 8.74. The monoisotopic (exact) mass is 340 g/mol. The number of nitrogens with one attached hydrogen (secondary N) is 2. The third-order valence-corrected chi connectivity index (χ3v) is 5.31. The smallest absolute Gasteiger partial charge is 0.243 e. The van der Waals surface area contributed by atoms with E-state index in [1.54, 1.807) is 0 Å². The van der Waals surface area contributed by atoms with Crippen LogP contribution in [-0.2, 0) is 10.2 Å². The fourth-order valence-corrected chi connectivity index (χ4v) is 3.39. The Balaban J connectivity index is 2.73. The molecule has 2 atom stereocenters. The van der Waals surface area contributed by atoms with Gasteiger partial charge in [0.15, 0.2) is 0 Å². The Labute approximate surface area is 144 Å². The summed E-state index contributed by atoms with van der Waals surface area (Å²) < 4.78 is 0. The van der Waals surface area contributed by atoms with E-state index in [0.717, 1.165) is 37.1 Å². The molecule has 0 spiro atoms. The van der Waals surface area contributed by atoms with Crippen molar-refractivity contribution in [3.63, 3.8) is 0 Å². The summed E-state index contributed by atoms with van der Waals surface area (Å²) in [5, 5.41) is 16.3. The van der Waals surface area contributed by atoms with Crippen molar-refractivity contribution < 1.29 is 4.79 Å². The first-order chi connectivity index (χ1) is 10.8. The van der Waals surface area contributed by atoms with E-state index in [1.807, 2.05) is 0 Å². The van der Waals surface area contributed by atoms with Gasteiger partial charge >= 0.3 is 0 Å². The van der Waals surface area contributed by atoms with Gasteiger partial charge in [-0.05, 0) is 26.2 Å². The van der Waals surface area contributed by atoms with Gasteiger partial charge < -0.3 is 5.32 Å². The number of amides is 1. The van der Waals surface area contributed by atoms with E-state index >= 15 is 0 Å². The topological polar surface area (TPSA) is 66.9 Å². The SMILES string of the molecule is CCC[C@H](NC(C)CC)C(=O)Nc1nnc(C(C)(C)CCC)s1. The number of carbonyl (C=O) groups excluding carboxylic acids is 1. The van der Waals surface area contributed by atoms with Gasteiger partial charge in [-0.25, -0.2) is 0 Å². The van der Waals surface area contributed by atoms with E-state index in [-0.39, 0.29) is 17.4 Å². The van der Waals surface area contributed by atoms with Crippen molar-refractivity contribution in [2.24, 2.45) is 0 Å². The van der Waals surface area contributed by atoms with Crippen molar-refractivity contribution in [1.82, 2.24) is 15.5 Å². The summed E-state index contributed by atoms with van der Waals surface area (Å²) in [4.78, 5) is 12.5. The van der Waals surface area contributed by atoms with Crippen molar-refractivity contribution >= 4 is 22.4 Å². The van der Waals surface area contributed by atoms with E-state index in [9.17, 15) is 4.79 Å². The zero-order valence-corrected chi connectivity index (χ0v) is 16.2. The lowest BCUT2D eigenvalue weighted by molar-refractivity contribution is -0.118. The predicted octanol–water partition coefficient (Wildman–Crippen LogP) is 4.11.